The molecule has 4 rings (SSSR count). The summed E-state index contributed by atoms with van der Waals surface area (Å²) in [6, 6.07) is 8.25. The van der Waals surface area contributed by atoms with Crippen LogP contribution in [-0.2, 0) is 0 Å². The number of benzene rings is 1. The third-order valence-corrected chi connectivity index (χ3v) is 5.23. The van der Waals surface area contributed by atoms with Crippen LogP contribution in [0.5, 0.6) is 0 Å². The predicted octanol–water partition coefficient (Wildman–Crippen LogP) is 4.46. The second kappa shape index (κ2) is 8.89. The van der Waals surface area contributed by atoms with Crippen molar-refractivity contribution in [1.29, 1.82) is 0 Å². The number of tetrazole rings is 1. The molecule has 33 heavy (non-hydrogen) atoms. The summed E-state index contributed by atoms with van der Waals surface area (Å²) in [6.07, 6.45) is 3.61. The summed E-state index contributed by atoms with van der Waals surface area (Å²) in [5.41, 5.74) is 2.47. The number of aryl methyl sites for hydroxylation is 1. The number of aromatic nitrogens is 7. The molecule has 9 nitrogen and oxygen atoms in total. The molecular weight excluding hydrogens is 423 g/mol. The van der Waals surface area contributed by atoms with Crippen molar-refractivity contribution < 1.29 is 9.18 Å². The summed E-state index contributed by atoms with van der Waals surface area (Å²) in [5.74, 6) is -0.478. The molecular formula is C23H25FN8O. The van der Waals surface area contributed by atoms with E-state index in [4.69, 9.17) is 0 Å². The van der Waals surface area contributed by atoms with Gasteiger partial charge < -0.3 is 9.88 Å². The Morgan fingerprint density at radius 1 is 1.09 bits per heavy atom. The summed E-state index contributed by atoms with van der Waals surface area (Å²) in [7, 11) is 0. The van der Waals surface area contributed by atoms with Gasteiger partial charge in [-0.05, 0) is 74.9 Å². The van der Waals surface area contributed by atoms with E-state index < -0.39 is 11.7 Å². The second-order valence-corrected chi connectivity index (χ2v) is 8.35. The first-order valence-corrected chi connectivity index (χ1v) is 10.6. The first kappa shape index (κ1) is 22.3. The molecule has 3 heterocycles. The highest BCUT2D eigenvalue weighted by molar-refractivity contribution is 6.04. The van der Waals surface area contributed by atoms with Crippen molar-refractivity contribution in [2.75, 3.05) is 5.32 Å². The van der Waals surface area contributed by atoms with Gasteiger partial charge in [0.1, 0.15) is 17.3 Å². The number of anilines is 1. The Hall–Kier alpha value is -3.95. The number of halogens is 1. The van der Waals surface area contributed by atoms with Crippen molar-refractivity contribution in [1.82, 2.24) is 34.7 Å². The van der Waals surface area contributed by atoms with E-state index in [2.05, 4.69) is 30.8 Å². The average Bonchev–Trinajstić information content (AvgIpc) is 3.44. The van der Waals surface area contributed by atoms with Crippen LogP contribution in [0, 0.1) is 12.7 Å². The molecule has 0 radical (unpaired) electrons. The van der Waals surface area contributed by atoms with Crippen molar-refractivity contribution >= 4 is 11.7 Å². The smallest absolute Gasteiger partial charge is 0.259 e. The van der Waals surface area contributed by atoms with Gasteiger partial charge in [0.2, 0.25) is 5.82 Å². The molecule has 10 heteroatoms. The lowest BCUT2D eigenvalue weighted by Gasteiger charge is -2.11. The summed E-state index contributed by atoms with van der Waals surface area (Å²) < 4.78 is 18.3. The van der Waals surface area contributed by atoms with Gasteiger partial charge >= 0.3 is 0 Å². The number of nitrogens with zero attached hydrogens (tertiary/aromatic N) is 7. The van der Waals surface area contributed by atoms with E-state index in [0.29, 0.717) is 28.3 Å². The van der Waals surface area contributed by atoms with Crippen molar-refractivity contribution in [3.05, 3.63) is 59.8 Å². The summed E-state index contributed by atoms with van der Waals surface area (Å²) in [6.45, 7) is 9.78. The van der Waals surface area contributed by atoms with E-state index in [1.54, 1.807) is 36.1 Å². The second-order valence-electron chi connectivity index (χ2n) is 8.35. The highest BCUT2D eigenvalue weighted by Gasteiger charge is 2.19. The van der Waals surface area contributed by atoms with E-state index >= 15 is 0 Å². The molecule has 1 aromatic carbocycles. The van der Waals surface area contributed by atoms with Crippen LogP contribution in [0.15, 0.2) is 42.9 Å². The number of hydrogen-bond donors (Lipinski definition) is 1. The Balaban J connectivity index is 1.63. The molecule has 0 unspecified atom stereocenters. The van der Waals surface area contributed by atoms with E-state index in [9.17, 15) is 9.18 Å². The van der Waals surface area contributed by atoms with Crippen LogP contribution in [0.25, 0.3) is 22.8 Å². The summed E-state index contributed by atoms with van der Waals surface area (Å²) >= 11 is 0. The fourth-order valence-electron chi connectivity index (χ4n) is 3.40. The number of nitrogens with one attached hydrogen (secondary N) is 1. The van der Waals surface area contributed by atoms with Gasteiger partial charge in [0, 0.05) is 17.8 Å². The van der Waals surface area contributed by atoms with E-state index in [0.717, 1.165) is 0 Å². The molecule has 170 valence electrons. The normalized spacial score (nSPS) is 11.4. The van der Waals surface area contributed by atoms with Gasteiger partial charge in [-0.25, -0.2) is 19.0 Å². The van der Waals surface area contributed by atoms with Crippen molar-refractivity contribution in [2.45, 2.75) is 46.7 Å². The number of imidazole rings is 1. The minimum Gasteiger partial charge on any atom is -0.334 e. The number of amides is 1. The maximum atomic E-state index is 14.7. The topological polar surface area (TPSA) is 103 Å². The van der Waals surface area contributed by atoms with Crippen LogP contribution in [0.1, 0.15) is 55.7 Å². The van der Waals surface area contributed by atoms with Crippen LogP contribution in [0.2, 0.25) is 0 Å². The Bertz CT molecular complexity index is 1310. The Morgan fingerprint density at radius 3 is 2.58 bits per heavy atom. The lowest BCUT2D eigenvalue weighted by atomic mass is 10.0. The van der Waals surface area contributed by atoms with Gasteiger partial charge in [-0.1, -0.05) is 6.07 Å². The first-order valence-electron chi connectivity index (χ1n) is 10.6. The number of rotatable bonds is 6. The van der Waals surface area contributed by atoms with Gasteiger partial charge in [-0.15, -0.1) is 5.10 Å². The molecule has 3 aromatic heterocycles. The molecule has 0 fully saturated rings. The zero-order chi connectivity index (χ0) is 23.7. The van der Waals surface area contributed by atoms with E-state index in [1.165, 1.54) is 12.1 Å². The molecule has 1 N–H and O–H groups in total. The molecule has 0 aliphatic heterocycles. The third-order valence-electron chi connectivity index (χ3n) is 5.23. The average molecular weight is 449 g/mol. The van der Waals surface area contributed by atoms with Crippen LogP contribution in [-0.4, -0.2) is 40.6 Å². The molecule has 0 atom stereocenters. The monoisotopic (exact) mass is 448 g/mol. The number of pyridine rings is 1. The number of carbonyl (C=O) groups is 1. The molecule has 0 aliphatic rings. The number of carbonyl (C=O) groups excluding carboxylic acids is 1. The molecule has 0 saturated heterocycles. The summed E-state index contributed by atoms with van der Waals surface area (Å²) in [4.78, 5) is 21.8. The van der Waals surface area contributed by atoms with E-state index in [1.807, 2.05) is 38.5 Å². The zero-order valence-electron chi connectivity index (χ0n) is 19.1. The zero-order valence-corrected chi connectivity index (χ0v) is 19.1. The van der Waals surface area contributed by atoms with Gasteiger partial charge in [-0.3, -0.25) is 4.79 Å². The standard InChI is InChI=1S/C23H25FN8O/c1-13(2)31-11-20(25-12-31)16-10-17(18(24)9-15(16)5)23(33)27-21-8-6-7-19(26-21)22-28-29-30-32(22)14(3)4/h6-14H,1-5H3,(H,26,27,33). The molecule has 0 aliphatic carbocycles. The Labute approximate surface area is 190 Å². The highest BCUT2D eigenvalue weighted by atomic mass is 19.1. The van der Waals surface area contributed by atoms with Crippen molar-refractivity contribution in [3.63, 3.8) is 0 Å². The number of hydrogen-bond acceptors (Lipinski definition) is 6. The Kier molecular flexibility index (Phi) is 5.99. The molecule has 1 amide bonds. The lowest BCUT2D eigenvalue weighted by molar-refractivity contribution is 0.102. The SMILES string of the molecule is Cc1cc(F)c(C(=O)Nc2cccc(-c3nnnn3C(C)C)n2)cc1-c1cn(C(C)C)cn1. The van der Waals surface area contributed by atoms with Crippen molar-refractivity contribution in [2.24, 2.45) is 0 Å². The van der Waals surface area contributed by atoms with Crippen LogP contribution in [0.4, 0.5) is 10.2 Å². The van der Waals surface area contributed by atoms with Gasteiger partial charge in [0.05, 0.1) is 23.6 Å². The highest BCUT2D eigenvalue weighted by Crippen LogP contribution is 2.27. The van der Waals surface area contributed by atoms with E-state index in [-0.39, 0.29) is 23.5 Å². The van der Waals surface area contributed by atoms with Gasteiger partial charge in [0.15, 0.2) is 0 Å². The molecule has 4 aromatic rings. The minimum absolute atomic E-state index is 0.0364. The van der Waals surface area contributed by atoms with Crippen LogP contribution < -0.4 is 5.32 Å². The first-order chi connectivity index (χ1) is 15.7. The molecule has 0 bridgehead atoms. The summed E-state index contributed by atoms with van der Waals surface area (Å²) in [5, 5.41) is 14.4. The maximum Gasteiger partial charge on any atom is 0.259 e. The van der Waals surface area contributed by atoms with Gasteiger partial charge in [0.25, 0.3) is 5.91 Å². The quantitative estimate of drug-likeness (QED) is 0.467. The fourth-order valence-corrected chi connectivity index (χ4v) is 3.40. The Morgan fingerprint density at radius 2 is 1.88 bits per heavy atom. The van der Waals surface area contributed by atoms with Gasteiger partial charge in [-0.2, -0.15) is 0 Å². The molecule has 0 saturated carbocycles. The fraction of sp³-hybridized carbons (Fsp3) is 0.304. The lowest BCUT2D eigenvalue weighted by Crippen LogP contribution is -2.15. The van der Waals surface area contributed by atoms with Crippen molar-refractivity contribution in [3.8, 4) is 22.8 Å². The minimum atomic E-state index is -0.614. The van der Waals surface area contributed by atoms with Crippen LogP contribution >= 0.6 is 0 Å². The predicted molar refractivity (Wildman–Crippen MR) is 122 cm³/mol. The largest absolute Gasteiger partial charge is 0.334 e. The third kappa shape index (κ3) is 4.50. The maximum absolute atomic E-state index is 14.7. The van der Waals surface area contributed by atoms with Crippen LogP contribution in [0.3, 0.4) is 0 Å². The molecule has 0 spiro atoms.